The maximum Gasteiger partial charge on any atom is 0.254 e. The first-order chi connectivity index (χ1) is 10.3. The summed E-state index contributed by atoms with van der Waals surface area (Å²) in [4.78, 5) is 19.9. The SMILES string of the molecule is CNC(=O)c1cccnc1NCCCNc1cccnc1. The van der Waals surface area contributed by atoms with E-state index in [-0.39, 0.29) is 5.91 Å². The summed E-state index contributed by atoms with van der Waals surface area (Å²) in [5.41, 5.74) is 1.56. The maximum absolute atomic E-state index is 11.7. The van der Waals surface area contributed by atoms with Crippen molar-refractivity contribution < 1.29 is 4.79 Å². The lowest BCUT2D eigenvalue weighted by Crippen LogP contribution is -2.20. The number of aromatic nitrogens is 2. The van der Waals surface area contributed by atoms with E-state index >= 15 is 0 Å². The summed E-state index contributed by atoms with van der Waals surface area (Å²) in [5, 5.41) is 9.07. The molecule has 2 rings (SSSR count). The van der Waals surface area contributed by atoms with Gasteiger partial charge in [0, 0.05) is 38.7 Å². The van der Waals surface area contributed by atoms with E-state index < -0.39 is 0 Å². The number of anilines is 2. The highest BCUT2D eigenvalue weighted by molar-refractivity contribution is 5.98. The average Bonchev–Trinajstić information content (AvgIpc) is 2.55. The van der Waals surface area contributed by atoms with Crippen LogP contribution in [-0.4, -0.2) is 36.0 Å². The smallest absolute Gasteiger partial charge is 0.254 e. The summed E-state index contributed by atoms with van der Waals surface area (Å²) in [5.74, 6) is 0.470. The van der Waals surface area contributed by atoms with E-state index in [0.29, 0.717) is 11.4 Å². The van der Waals surface area contributed by atoms with Crippen LogP contribution in [0.5, 0.6) is 0 Å². The molecule has 2 aromatic heterocycles. The molecule has 2 aromatic rings. The fourth-order valence-corrected chi connectivity index (χ4v) is 1.86. The molecule has 0 unspecified atom stereocenters. The second kappa shape index (κ2) is 7.84. The van der Waals surface area contributed by atoms with Crippen LogP contribution in [0.3, 0.4) is 0 Å². The van der Waals surface area contributed by atoms with E-state index in [4.69, 9.17) is 0 Å². The third kappa shape index (κ3) is 4.45. The summed E-state index contributed by atoms with van der Waals surface area (Å²) in [6.45, 7) is 1.55. The molecule has 0 aliphatic rings. The monoisotopic (exact) mass is 285 g/mol. The third-order valence-electron chi connectivity index (χ3n) is 2.92. The molecule has 0 saturated carbocycles. The Morgan fingerprint density at radius 1 is 1.14 bits per heavy atom. The number of rotatable bonds is 7. The molecule has 0 aliphatic heterocycles. The highest BCUT2D eigenvalue weighted by Crippen LogP contribution is 2.11. The van der Waals surface area contributed by atoms with Gasteiger partial charge in [0.2, 0.25) is 0 Å². The number of pyridine rings is 2. The summed E-state index contributed by atoms with van der Waals surface area (Å²) in [6, 6.07) is 7.37. The van der Waals surface area contributed by atoms with Crippen molar-refractivity contribution in [1.29, 1.82) is 0 Å². The molecule has 6 nitrogen and oxygen atoms in total. The minimum Gasteiger partial charge on any atom is -0.384 e. The van der Waals surface area contributed by atoms with Gasteiger partial charge in [-0.15, -0.1) is 0 Å². The highest BCUT2D eigenvalue weighted by Gasteiger charge is 2.09. The summed E-state index contributed by atoms with van der Waals surface area (Å²) in [6.07, 6.45) is 6.10. The molecule has 0 aliphatic carbocycles. The third-order valence-corrected chi connectivity index (χ3v) is 2.92. The molecule has 2 heterocycles. The van der Waals surface area contributed by atoms with Gasteiger partial charge in [-0.1, -0.05) is 0 Å². The predicted octanol–water partition coefficient (Wildman–Crippen LogP) is 1.75. The molecule has 0 bridgehead atoms. The minimum absolute atomic E-state index is 0.140. The molecule has 1 amide bonds. The molecule has 21 heavy (non-hydrogen) atoms. The maximum atomic E-state index is 11.7. The van der Waals surface area contributed by atoms with Gasteiger partial charge in [0.05, 0.1) is 11.3 Å². The number of hydrogen-bond donors (Lipinski definition) is 3. The van der Waals surface area contributed by atoms with Gasteiger partial charge in [-0.25, -0.2) is 4.98 Å². The highest BCUT2D eigenvalue weighted by atomic mass is 16.1. The normalized spacial score (nSPS) is 9.95. The Hall–Kier alpha value is -2.63. The van der Waals surface area contributed by atoms with Crippen LogP contribution in [0, 0.1) is 0 Å². The standard InChI is InChI=1S/C15H19N5O/c1-16-15(21)13-6-3-8-19-14(13)20-10-4-9-18-12-5-2-7-17-11-12/h2-3,5-8,11,18H,4,9-10H2,1H3,(H,16,21)(H,19,20). The van der Waals surface area contributed by atoms with Crippen LogP contribution in [-0.2, 0) is 0 Å². The molecule has 0 spiro atoms. The van der Waals surface area contributed by atoms with Crippen LogP contribution in [0.1, 0.15) is 16.8 Å². The lowest BCUT2D eigenvalue weighted by atomic mass is 10.2. The zero-order valence-corrected chi connectivity index (χ0v) is 12.0. The number of amides is 1. The van der Waals surface area contributed by atoms with Gasteiger partial charge < -0.3 is 16.0 Å². The van der Waals surface area contributed by atoms with Crippen molar-refractivity contribution in [3.05, 3.63) is 48.4 Å². The van der Waals surface area contributed by atoms with E-state index in [9.17, 15) is 4.79 Å². The molecule has 0 aromatic carbocycles. The lowest BCUT2D eigenvalue weighted by Gasteiger charge is -2.10. The Morgan fingerprint density at radius 3 is 2.71 bits per heavy atom. The van der Waals surface area contributed by atoms with E-state index in [1.165, 1.54) is 0 Å². The van der Waals surface area contributed by atoms with Crippen LogP contribution in [0.2, 0.25) is 0 Å². The fourth-order valence-electron chi connectivity index (χ4n) is 1.86. The van der Waals surface area contributed by atoms with Crippen molar-refractivity contribution in [2.24, 2.45) is 0 Å². The quantitative estimate of drug-likeness (QED) is 0.675. The first kappa shape index (κ1) is 14.8. The number of carbonyl (C=O) groups excluding carboxylic acids is 1. The van der Waals surface area contributed by atoms with Gasteiger partial charge in [0.1, 0.15) is 5.82 Å². The van der Waals surface area contributed by atoms with E-state index in [2.05, 4.69) is 25.9 Å². The number of hydrogen-bond acceptors (Lipinski definition) is 5. The Morgan fingerprint density at radius 2 is 1.95 bits per heavy atom. The van der Waals surface area contributed by atoms with Crippen LogP contribution in [0.4, 0.5) is 11.5 Å². The Kier molecular flexibility index (Phi) is 5.51. The zero-order valence-electron chi connectivity index (χ0n) is 12.0. The van der Waals surface area contributed by atoms with Crippen LogP contribution >= 0.6 is 0 Å². The first-order valence-electron chi connectivity index (χ1n) is 6.86. The van der Waals surface area contributed by atoms with Crippen molar-refractivity contribution >= 4 is 17.4 Å². The van der Waals surface area contributed by atoms with E-state index in [1.807, 2.05) is 12.1 Å². The zero-order chi connectivity index (χ0) is 14.9. The molecule has 0 radical (unpaired) electrons. The van der Waals surface area contributed by atoms with Gasteiger partial charge in [-0.3, -0.25) is 9.78 Å². The number of nitrogens with zero attached hydrogens (tertiary/aromatic N) is 2. The lowest BCUT2D eigenvalue weighted by molar-refractivity contribution is 0.0963. The fraction of sp³-hybridized carbons (Fsp3) is 0.267. The molecule has 0 atom stereocenters. The van der Waals surface area contributed by atoms with Gasteiger partial charge in [-0.2, -0.15) is 0 Å². The number of carbonyl (C=O) groups is 1. The van der Waals surface area contributed by atoms with Crippen molar-refractivity contribution in [2.45, 2.75) is 6.42 Å². The minimum atomic E-state index is -0.140. The Bertz CT molecular complexity index is 573. The van der Waals surface area contributed by atoms with Crippen LogP contribution in [0.15, 0.2) is 42.9 Å². The predicted molar refractivity (Wildman–Crippen MR) is 83.5 cm³/mol. The average molecular weight is 285 g/mol. The first-order valence-corrected chi connectivity index (χ1v) is 6.86. The van der Waals surface area contributed by atoms with Gasteiger partial charge >= 0.3 is 0 Å². The molecular weight excluding hydrogens is 266 g/mol. The summed E-state index contributed by atoms with van der Waals surface area (Å²) in [7, 11) is 1.61. The van der Waals surface area contributed by atoms with Crippen LogP contribution in [0.25, 0.3) is 0 Å². The second-order valence-corrected chi connectivity index (χ2v) is 4.43. The van der Waals surface area contributed by atoms with Gasteiger partial charge in [0.15, 0.2) is 0 Å². The largest absolute Gasteiger partial charge is 0.384 e. The number of nitrogens with one attached hydrogen (secondary N) is 3. The summed E-state index contributed by atoms with van der Waals surface area (Å²) >= 11 is 0. The summed E-state index contributed by atoms with van der Waals surface area (Å²) < 4.78 is 0. The molecule has 110 valence electrons. The molecule has 0 saturated heterocycles. The van der Waals surface area contributed by atoms with E-state index in [1.54, 1.807) is 37.8 Å². The van der Waals surface area contributed by atoms with Crippen LogP contribution < -0.4 is 16.0 Å². The van der Waals surface area contributed by atoms with Crippen molar-refractivity contribution in [1.82, 2.24) is 15.3 Å². The Labute approximate surface area is 124 Å². The molecule has 0 fully saturated rings. The van der Waals surface area contributed by atoms with Crippen molar-refractivity contribution in [3.63, 3.8) is 0 Å². The topological polar surface area (TPSA) is 78.9 Å². The Balaban J connectivity index is 1.77. The molecular formula is C15H19N5O. The van der Waals surface area contributed by atoms with Crippen molar-refractivity contribution in [3.8, 4) is 0 Å². The van der Waals surface area contributed by atoms with Gasteiger partial charge in [-0.05, 0) is 30.7 Å². The van der Waals surface area contributed by atoms with Crippen molar-refractivity contribution in [2.75, 3.05) is 30.8 Å². The molecule has 6 heteroatoms. The second-order valence-electron chi connectivity index (χ2n) is 4.43. The van der Waals surface area contributed by atoms with E-state index in [0.717, 1.165) is 25.2 Å². The van der Waals surface area contributed by atoms with Gasteiger partial charge in [0.25, 0.3) is 5.91 Å². The molecule has 3 N–H and O–H groups in total.